The molecule has 15 heteroatoms. The number of hydrogen-bond acceptors (Lipinski definition) is 15. The first-order valence-corrected chi connectivity index (χ1v) is 26.7. The van der Waals surface area contributed by atoms with E-state index in [4.69, 9.17) is 28.4 Å². The quantitative estimate of drug-likeness (QED) is 0.0175. The van der Waals surface area contributed by atoms with Gasteiger partial charge in [0.15, 0.2) is 18.7 Å². The van der Waals surface area contributed by atoms with E-state index in [-0.39, 0.29) is 19.4 Å². The van der Waals surface area contributed by atoms with Crippen molar-refractivity contribution in [1.82, 2.24) is 0 Å². The second-order valence-electron chi connectivity index (χ2n) is 18.3. The Balaban J connectivity index is 1.80. The third kappa shape index (κ3) is 29.8. The fourth-order valence-electron chi connectivity index (χ4n) is 7.77. The van der Waals surface area contributed by atoms with Crippen LogP contribution in [0.4, 0.5) is 0 Å². The van der Waals surface area contributed by atoms with Gasteiger partial charge < -0.3 is 64.2 Å². The molecule has 0 amide bonds. The lowest BCUT2D eigenvalue weighted by Gasteiger charge is -2.42. The summed E-state index contributed by atoms with van der Waals surface area (Å²) in [5, 5.41) is 72.1. The minimum absolute atomic E-state index is 0.0512. The zero-order chi connectivity index (χ0) is 51.7. The van der Waals surface area contributed by atoms with E-state index in [0.29, 0.717) is 12.8 Å². The summed E-state index contributed by atoms with van der Waals surface area (Å²) in [6.45, 7) is 2.37. The summed E-state index contributed by atoms with van der Waals surface area (Å²) in [5.41, 5.74) is 0. The van der Waals surface area contributed by atoms with Crippen LogP contribution in [0.1, 0.15) is 162 Å². The Hall–Kier alpha value is -3.32. The highest BCUT2D eigenvalue weighted by Gasteiger charge is 2.47. The van der Waals surface area contributed by atoms with Crippen LogP contribution >= 0.6 is 0 Å². The van der Waals surface area contributed by atoms with Gasteiger partial charge in [0.05, 0.1) is 19.8 Å². The topological polar surface area (TPSA) is 231 Å². The Morgan fingerprint density at radius 2 is 0.915 bits per heavy atom. The molecule has 0 aromatic rings. The minimum atomic E-state index is -1.78. The number of ether oxygens (including phenoxy) is 6. The van der Waals surface area contributed by atoms with Crippen molar-refractivity contribution in [2.45, 2.75) is 229 Å². The number of hydrogen-bond donors (Lipinski definition) is 7. The summed E-state index contributed by atoms with van der Waals surface area (Å²) in [6.07, 6.45) is 34.8. The van der Waals surface area contributed by atoms with Crippen LogP contribution < -0.4 is 0 Å². The van der Waals surface area contributed by atoms with Crippen LogP contribution in [0.3, 0.4) is 0 Å². The van der Waals surface area contributed by atoms with Crippen LogP contribution in [0.15, 0.2) is 85.1 Å². The molecule has 2 aliphatic rings. The fraction of sp³-hybridized carbons (Fsp3) is 0.714. The van der Waals surface area contributed by atoms with Gasteiger partial charge >= 0.3 is 11.9 Å². The lowest BCUT2D eigenvalue weighted by atomic mass is 9.98. The Morgan fingerprint density at radius 3 is 1.45 bits per heavy atom. The molecule has 2 heterocycles. The molecule has 15 nitrogen and oxygen atoms in total. The number of aliphatic hydroxyl groups excluding tert-OH is 7. The monoisotopic (exact) mass is 1000 g/mol. The van der Waals surface area contributed by atoms with Crippen molar-refractivity contribution in [3.63, 3.8) is 0 Å². The van der Waals surface area contributed by atoms with Gasteiger partial charge in [-0.3, -0.25) is 9.59 Å². The highest BCUT2D eigenvalue weighted by atomic mass is 16.7. The van der Waals surface area contributed by atoms with Gasteiger partial charge in [0.1, 0.15) is 55.4 Å². The molecule has 5 unspecified atom stereocenters. The van der Waals surface area contributed by atoms with E-state index >= 15 is 0 Å². The predicted molar refractivity (Wildman–Crippen MR) is 275 cm³/mol. The second-order valence-corrected chi connectivity index (χ2v) is 18.3. The molecule has 0 aromatic heterocycles. The van der Waals surface area contributed by atoms with E-state index in [9.17, 15) is 45.3 Å². The summed E-state index contributed by atoms with van der Waals surface area (Å²) < 4.78 is 33.5. The van der Waals surface area contributed by atoms with Gasteiger partial charge in [-0.1, -0.05) is 157 Å². The van der Waals surface area contributed by atoms with E-state index in [1.54, 1.807) is 0 Å². The minimum Gasteiger partial charge on any atom is -0.462 e. The van der Waals surface area contributed by atoms with Gasteiger partial charge in [0.2, 0.25) is 0 Å². The summed E-state index contributed by atoms with van der Waals surface area (Å²) in [5.74, 6) is -1.03. The van der Waals surface area contributed by atoms with E-state index in [1.165, 1.54) is 38.5 Å². The third-order valence-corrected chi connectivity index (χ3v) is 12.1. The summed E-state index contributed by atoms with van der Waals surface area (Å²) in [4.78, 5) is 25.7. The van der Waals surface area contributed by atoms with Gasteiger partial charge in [0.25, 0.3) is 0 Å². The molecule has 2 saturated heterocycles. The van der Waals surface area contributed by atoms with Gasteiger partial charge in [-0.2, -0.15) is 0 Å². The maximum atomic E-state index is 13.0. The molecule has 2 rings (SSSR count). The van der Waals surface area contributed by atoms with Crippen molar-refractivity contribution in [3.8, 4) is 0 Å². The average Bonchev–Trinajstić information content (AvgIpc) is 3.36. The van der Waals surface area contributed by atoms with Crippen LogP contribution in [0.5, 0.6) is 0 Å². The Morgan fingerprint density at radius 1 is 0.465 bits per heavy atom. The standard InChI is InChI=1S/C56H92O15/c1-3-5-7-9-11-13-15-17-18-19-20-21-22-23-24-25-27-28-30-32-34-36-38-47(58)66-41-44(69-48(59)39-37-35-33-31-29-26-16-14-12-10-8-6-4-2)42-67-55-54(65)52(63)50(61)46(71-55)43-68-56-53(64)51(62)49(60)45(40-57)70-56/h5,7,11,13,17-18,20-21,23-24,26,29,33,35,44-46,49-57,60-65H,3-4,6,8-10,12,14-16,19,22,25,27-28,30-32,34,36-43H2,1-2H3/b7-5+,13-11+,18-17+,21-20+,24-23+,29-26+,35-33+/t44?,45-,46-,49+,50+,51?,52?,53?,54?,55-,56-/m1/s1. The van der Waals surface area contributed by atoms with E-state index in [0.717, 1.165) is 83.5 Å². The molecule has 0 radical (unpaired) electrons. The smallest absolute Gasteiger partial charge is 0.306 e. The highest BCUT2D eigenvalue weighted by molar-refractivity contribution is 5.70. The van der Waals surface area contributed by atoms with Gasteiger partial charge in [-0.05, 0) is 77.0 Å². The Labute approximate surface area is 425 Å². The van der Waals surface area contributed by atoms with Crippen LogP contribution in [-0.4, -0.2) is 142 Å². The first kappa shape index (κ1) is 63.8. The van der Waals surface area contributed by atoms with E-state index in [1.807, 2.05) is 12.2 Å². The number of esters is 2. The largest absolute Gasteiger partial charge is 0.462 e. The van der Waals surface area contributed by atoms with E-state index in [2.05, 4.69) is 86.8 Å². The molecule has 406 valence electrons. The number of carbonyl (C=O) groups excluding carboxylic acids is 2. The fourth-order valence-corrected chi connectivity index (χ4v) is 7.77. The molecule has 0 saturated carbocycles. The molecule has 0 spiro atoms. The number of carbonyl (C=O) groups is 2. The molecule has 2 aliphatic heterocycles. The van der Waals surface area contributed by atoms with Gasteiger partial charge in [-0.15, -0.1) is 0 Å². The number of unbranched alkanes of at least 4 members (excludes halogenated alkanes) is 12. The molecule has 7 N–H and O–H groups in total. The first-order valence-electron chi connectivity index (χ1n) is 26.7. The molecular weight excluding hydrogens is 913 g/mol. The molecule has 0 aliphatic carbocycles. The molecule has 11 atom stereocenters. The molecule has 0 bridgehead atoms. The first-order chi connectivity index (χ1) is 34.5. The van der Waals surface area contributed by atoms with Crippen molar-refractivity contribution in [2.75, 3.05) is 26.4 Å². The molecular formula is C56H92O15. The summed E-state index contributed by atoms with van der Waals surface area (Å²) >= 11 is 0. The highest BCUT2D eigenvalue weighted by Crippen LogP contribution is 2.26. The van der Waals surface area contributed by atoms with Crippen LogP contribution in [0.2, 0.25) is 0 Å². The van der Waals surface area contributed by atoms with Crippen molar-refractivity contribution >= 4 is 11.9 Å². The maximum Gasteiger partial charge on any atom is 0.306 e. The summed E-state index contributed by atoms with van der Waals surface area (Å²) in [7, 11) is 0. The average molecular weight is 1010 g/mol. The second kappa shape index (κ2) is 42.1. The van der Waals surface area contributed by atoms with Crippen LogP contribution in [0.25, 0.3) is 0 Å². The Bertz CT molecular complexity index is 1560. The third-order valence-electron chi connectivity index (χ3n) is 12.1. The lowest BCUT2D eigenvalue weighted by Crippen LogP contribution is -2.61. The zero-order valence-electron chi connectivity index (χ0n) is 42.9. The number of aliphatic hydroxyl groups is 7. The van der Waals surface area contributed by atoms with Crippen LogP contribution in [-0.2, 0) is 38.0 Å². The number of allylic oxidation sites excluding steroid dienone is 14. The van der Waals surface area contributed by atoms with Crippen molar-refractivity contribution in [1.29, 1.82) is 0 Å². The number of rotatable bonds is 40. The van der Waals surface area contributed by atoms with E-state index < -0.39 is 99.3 Å². The summed E-state index contributed by atoms with van der Waals surface area (Å²) in [6, 6.07) is 0. The van der Waals surface area contributed by atoms with Crippen molar-refractivity contribution < 1.29 is 73.8 Å². The van der Waals surface area contributed by atoms with Crippen LogP contribution in [0, 0.1) is 0 Å². The molecule has 0 aromatic carbocycles. The Kier molecular flexibility index (Phi) is 37.8. The van der Waals surface area contributed by atoms with Gasteiger partial charge in [0, 0.05) is 12.8 Å². The zero-order valence-corrected chi connectivity index (χ0v) is 42.9. The van der Waals surface area contributed by atoms with Crippen molar-refractivity contribution in [2.24, 2.45) is 0 Å². The lowest BCUT2D eigenvalue weighted by molar-refractivity contribution is -0.332. The normalized spacial score (nSPS) is 25.9. The predicted octanol–water partition coefficient (Wildman–Crippen LogP) is 7.99. The molecule has 71 heavy (non-hydrogen) atoms. The van der Waals surface area contributed by atoms with Gasteiger partial charge in [-0.25, -0.2) is 0 Å². The maximum absolute atomic E-state index is 13.0. The SMILES string of the molecule is CC/C=C/C/C=C/C/C=C/C/C=C/C/C=C/CCCCCCCCC(=O)OCC(CO[C@@H]1O[C@H](CO[C@@H]2O[C@H](CO)[C@H](O)C(O)C2O)[C@H](O)C(O)C1O)OC(=O)CC/C=C/C/C=C/CCCCCCCC. The van der Waals surface area contributed by atoms with Crippen molar-refractivity contribution in [3.05, 3.63) is 85.1 Å². The molecule has 2 fully saturated rings.